The summed E-state index contributed by atoms with van der Waals surface area (Å²) in [4.78, 5) is 26.7. The summed E-state index contributed by atoms with van der Waals surface area (Å²) < 4.78 is 37.9. The van der Waals surface area contributed by atoms with Gasteiger partial charge in [-0.25, -0.2) is 13.2 Å². The van der Waals surface area contributed by atoms with Crippen molar-refractivity contribution in [2.24, 2.45) is 0 Å². The van der Waals surface area contributed by atoms with Crippen LogP contribution in [0.15, 0.2) is 41.3 Å². The minimum Gasteiger partial charge on any atom is -0.475 e. The summed E-state index contributed by atoms with van der Waals surface area (Å²) in [5.41, 5.74) is 2.69. The van der Waals surface area contributed by atoms with Crippen molar-refractivity contribution < 1.29 is 27.5 Å². The molecule has 8 nitrogen and oxygen atoms in total. The summed E-state index contributed by atoms with van der Waals surface area (Å²) in [7, 11) is -1.29. The number of anilines is 1. The molecule has 1 aliphatic rings. The lowest BCUT2D eigenvalue weighted by molar-refractivity contribution is -0.148. The zero-order valence-electron chi connectivity index (χ0n) is 18.2. The molecule has 0 saturated heterocycles. The number of carbonyl (C=O) groups excluding carboxylic acids is 2. The maximum atomic E-state index is 13.2. The minimum atomic E-state index is -3.90. The van der Waals surface area contributed by atoms with Crippen LogP contribution in [0.4, 0.5) is 5.69 Å². The van der Waals surface area contributed by atoms with E-state index in [1.165, 1.54) is 19.1 Å². The third kappa shape index (κ3) is 4.42. The largest absolute Gasteiger partial charge is 0.475 e. The van der Waals surface area contributed by atoms with Crippen LogP contribution in [0.25, 0.3) is 0 Å². The van der Waals surface area contributed by atoms with Crippen molar-refractivity contribution in [1.29, 1.82) is 0 Å². The van der Waals surface area contributed by atoms with E-state index in [0.29, 0.717) is 22.6 Å². The van der Waals surface area contributed by atoms with Crippen molar-refractivity contribution in [3.05, 3.63) is 53.1 Å². The average Bonchev–Trinajstić information content (AvgIpc) is 2.71. The Hall–Kier alpha value is -2.91. The average molecular weight is 447 g/mol. The maximum absolute atomic E-state index is 13.2. The molecule has 166 valence electrons. The van der Waals surface area contributed by atoms with E-state index in [9.17, 15) is 18.0 Å². The second-order valence-corrected chi connectivity index (χ2v) is 9.57. The lowest BCUT2D eigenvalue weighted by atomic mass is 10.1. The molecule has 1 amide bonds. The lowest BCUT2D eigenvalue weighted by Crippen LogP contribution is -2.50. The molecule has 3 rings (SSSR count). The maximum Gasteiger partial charge on any atom is 0.348 e. The molecule has 1 atom stereocenters. The first-order valence-corrected chi connectivity index (χ1v) is 11.2. The molecule has 0 unspecified atom stereocenters. The third-order valence-electron chi connectivity index (χ3n) is 5.17. The number of rotatable bonds is 5. The first-order valence-electron chi connectivity index (χ1n) is 9.74. The summed E-state index contributed by atoms with van der Waals surface area (Å²) in [5, 5.41) is 0. The molecule has 0 aromatic heterocycles. The fourth-order valence-corrected chi connectivity index (χ4v) is 5.34. The van der Waals surface area contributed by atoms with Crippen LogP contribution in [0.2, 0.25) is 0 Å². The quantitative estimate of drug-likeness (QED) is 0.654. The zero-order valence-corrected chi connectivity index (χ0v) is 19.0. The van der Waals surface area contributed by atoms with Gasteiger partial charge in [0, 0.05) is 7.05 Å². The van der Waals surface area contributed by atoms with Gasteiger partial charge in [-0.15, -0.1) is 0 Å². The van der Waals surface area contributed by atoms with E-state index in [0.717, 1.165) is 9.87 Å². The van der Waals surface area contributed by atoms with Crippen LogP contribution in [0, 0.1) is 20.8 Å². The van der Waals surface area contributed by atoms with Crippen molar-refractivity contribution in [2.75, 3.05) is 32.1 Å². The van der Waals surface area contributed by atoms with Gasteiger partial charge in [-0.1, -0.05) is 29.8 Å². The number of fused-ring (bicyclic) bond motifs is 1. The van der Waals surface area contributed by atoms with E-state index < -0.39 is 34.5 Å². The summed E-state index contributed by atoms with van der Waals surface area (Å²) in [6.07, 6.45) is -0.993. The van der Waals surface area contributed by atoms with E-state index in [4.69, 9.17) is 9.47 Å². The molecule has 0 saturated carbocycles. The Morgan fingerprint density at radius 2 is 1.77 bits per heavy atom. The van der Waals surface area contributed by atoms with Crippen LogP contribution in [-0.2, 0) is 24.3 Å². The molecule has 0 N–H and O–H groups in total. The number of esters is 1. The summed E-state index contributed by atoms with van der Waals surface area (Å²) in [6, 6.07) is 10.4. The third-order valence-corrected chi connectivity index (χ3v) is 7.28. The molecule has 0 radical (unpaired) electrons. The van der Waals surface area contributed by atoms with Gasteiger partial charge in [0.1, 0.15) is 5.75 Å². The highest BCUT2D eigenvalue weighted by Crippen LogP contribution is 2.34. The molecule has 0 aliphatic carbocycles. The highest BCUT2D eigenvalue weighted by molar-refractivity contribution is 7.89. The number of methoxy groups -OCH3 is 1. The van der Waals surface area contributed by atoms with Crippen molar-refractivity contribution in [3.63, 3.8) is 0 Å². The number of para-hydroxylation sites is 2. The first-order chi connectivity index (χ1) is 14.6. The Bertz CT molecular complexity index is 1110. The molecular formula is C22H26N2O6S. The van der Waals surface area contributed by atoms with E-state index in [2.05, 4.69) is 0 Å². The summed E-state index contributed by atoms with van der Waals surface area (Å²) in [6.45, 7) is 4.91. The van der Waals surface area contributed by atoms with Crippen LogP contribution >= 0.6 is 0 Å². The Morgan fingerprint density at radius 1 is 1.16 bits per heavy atom. The Morgan fingerprint density at radius 3 is 2.39 bits per heavy atom. The van der Waals surface area contributed by atoms with Gasteiger partial charge >= 0.3 is 5.97 Å². The predicted molar refractivity (Wildman–Crippen MR) is 116 cm³/mol. The fourth-order valence-electron chi connectivity index (χ4n) is 3.82. The Labute approximate surface area is 182 Å². The molecular weight excluding hydrogens is 420 g/mol. The second kappa shape index (κ2) is 8.68. The number of aryl methyl sites for hydroxylation is 3. The highest BCUT2D eigenvalue weighted by atomic mass is 32.2. The van der Waals surface area contributed by atoms with E-state index >= 15 is 0 Å². The number of ether oxygens (including phenoxy) is 2. The van der Waals surface area contributed by atoms with Gasteiger partial charge in [0.05, 0.1) is 30.8 Å². The van der Waals surface area contributed by atoms with Crippen molar-refractivity contribution in [3.8, 4) is 5.75 Å². The Kier molecular flexibility index (Phi) is 6.38. The highest BCUT2D eigenvalue weighted by Gasteiger charge is 2.36. The molecule has 2 aromatic rings. The Balaban J connectivity index is 1.89. The van der Waals surface area contributed by atoms with Crippen molar-refractivity contribution in [1.82, 2.24) is 4.31 Å². The SMILES string of the molecule is COC(=O)[C@H]1CN(C(=O)CN(C)S(=O)(=O)c2c(C)cc(C)cc2C)c2ccccc2O1. The van der Waals surface area contributed by atoms with Crippen molar-refractivity contribution >= 4 is 27.6 Å². The topological polar surface area (TPSA) is 93.2 Å². The van der Waals surface area contributed by atoms with E-state index in [-0.39, 0.29) is 11.4 Å². The number of sulfonamides is 1. The lowest BCUT2D eigenvalue weighted by Gasteiger charge is -2.34. The molecule has 9 heteroatoms. The molecule has 31 heavy (non-hydrogen) atoms. The number of carbonyl (C=O) groups is 2. The van der Waals surface area contributed by atoms with E-state index in [1.807, 2.05) is 6.92 Å². The van der Waals surface area contributed by atoms with Gasteiger partial charge in [0.25, 0.3) is 0 Å². The van der Waals surface area contributed by atoms with Crippen LogP contribution in [0.5, 0.6) is 5.75 Å². The summed E-state index contributed by atoms with van der Waals surface area (Å²) in [5.74, 6) is -0.731. The van der Waals surface area contributed by atoms with Crippen LogP contribution in [-0.4, -0.2) is 58.0 Å². The molecule has 2 aromatic carbocycles. The molecule has 1 heterocycles. The van der Waals surface area contributed by atoms with Crippen LogP contribution in [0.1, 0.15) is 16.7 Å². The number of hydrogen-bond donors (Lipinski definition) is 0. The molecule has 0 fully saturated rings. The van der Waals surface area contributed by atoms with E-state index in [1.54, 1.807) is 50.2 Å². The minimum absolute atomic E-state index is 0.0704. The normalized spacial score (nSPS) is 15.9. The molecule has 0 bridgehead atoms. The fraction of sp³-hybridized carbons (Fsp3) is 0.364. The zero-order chi connectivity index (χ0) is 22.9. The second-order valence-electron chi connectivity index (χ2n) is 7.59. The van der Waals surface area contributed by atoms with Crippen LogP contribution in [0.3, 0.4) is 0 Å². The van der Waals surface area contributed by atoms with Gasteiger partial charge in [-0.2, -0.15) is 4.31 Å². The number of likely N-dealkylation sites (N-methyl/N-ethyl adjacent to an activating group) is 1. The van der Waals surface area contributed by atoms with Crippen LogP contribution < -0.4 is 9.64 Å². The van der Waals surface area contributed by atoms with Crippen molar-refractivity contribution in [2.45, 2.75) is 31.8 Å². The number of hydrogen-bond acceptors (Lipinski definition) is 6. The monoisotopic (exact) mass is 446 g/mol. The van der Waals surface area contributed by atoms with Gasteiger partial charge in [-0.3, -0.25) is 4.79 Å². The molecule has 0 spiro atoms. The molecule has 1 aliphatic heterocycles. The number of nitrogens with zero attached hydrogens (tertiary/aromatic N) is 2. The number of benzene rings is 2. The van der Waals surface area contributed by atoms with Gasteiger partial charge in [0.15, 0.2) is 0 Å². The summed E-state index contributed by atoms with van der Waals surface area (Å²) >= 11 is 0. The standard InChI is InChI=1S/C22H26N2O6S/c1-14-10-15(2)21(16(3)11-14)31(27,28)23(4)13-20(25)24-12-19(22(26)29-5)30-18-9-7-6-8-17(18)24/h6-11,19H,12-13H2,1-5H3/t19-/m1/s1. The van der Waals surface area contributed by atoms with Gasteiger partial charge in [0.2, 0.25) is 22.0 Å². The smallest absolute Gasteiger partial charge is 0.348 e. The predicted octanol–water partition coefficient (Wildman–Crippen LogP) is 2.20. The van der Waals surface area contributed by atoms with Gasteiger partial charge < -0.3 is 14.4 Å². The number of amides is 1. The van der Waals surface area contributed by atoms with Gasteiger partial charge in [-0.05, 0) is 44.0 Å². The first kappa shape index (κ1) is 22.8.